The van der Waals surface area contributed by atoms with Crippen LogP contribution in [0.4, 0.5) is 4.39 Å². The standard InChI is InChI=1S/C20H23FN4O/c1-13(2)11-17(20-24-16-5-4-10-22-19(16)25(20)3)23-18(26)12-14-6-8-15(21)9-7-14/h4-10,13,17H,11-12H2,1-3H3,(H,23,26)/t17-/m1/s1. The van der Waals surface area contributed by atoms with Crippen molar-refractivity contribution in [2.75, 3.05) is 0 Å². The van der Waals surface area contributed by atoms with Crippen LogP contribution in [0.25, 0.3) is 11.2 Å². The third kappa shape index (κ3) is 4.07. The van der Waals surface area contributed by atoms with Gasteiger partial charge in [0.25, 0.3) is 0 Å². The number of rotatable bonds is 6. The van der Waals surface area contributed by atoms with Crippen molar-refractivity contribution >= 4 is 17.1 Å². The number of aromatic nitrogens is 3. The number of benzene rings is 1. The Morgan fingerprint density at radius 1 is 1.23 bits per heavy atom. The SMILES string of the molecule is CC(C)C[C@@H](NC(=O)Cc1ccc(F)cc1)c1nc2cccnc2n1C. The molecule has 0 aliphatic heterocycles. The number of aryl methyl sites for hydroxylation is 1. The molecule has 6 heteroatoms. The van der Waals surface area contributed by atoms with Crippen molar-refractivity contribution in [3.05, 3.63) is 59.8 Å². The highest BCUT2D eigenvalue weighted by Gasteiger charge is 2.22. The normalized spacial score (nSPS) is 12.5. The fourth-order valence-corrected chi connectivity index (χ4v) is 3.09. The minimum Gasteiger partial charge on any atom is -0.346 e. The lowest BCUT2D eigenvalue weighted by molar-refractivity contribution is -0.121. The van der Waals surface area contributed by atoms with Gasteiger partial charge >= 0.3 is 0 Å². The molecular formula is C20H23FN4O. The first-order valence-corrected chi connectivity index (χ1v) is 8.75. The molecule has 1 aromatic carbocycles. The van der Waals surface area contributed by atoms with Crippen molar-refractivity contribution in [2.24, 2.45) is 13.0 Å². The van der Waals surface area contributed by atoms with Crippen LogP contribution in [0.2, 0.25) is 0 Å². The molecule has 0 bridgehead atoms. The molecule has 0 saturated heterocycles. The topological polar surface area (TPSA) is 59.8 Å². The predicted molar refractivity (Wildman–Crippen MR) is 99.0 cm³/mol. The predicted octanol–water partition coefficient (Wildman–Crippen LogP) is 3.55. The van der Waals surface area contributed by atoms with E-state index in [4.69, 9.17) is 0 Å². The van der Waals surface area contributed by atoms with Crippen molar-refractivity contribution in [2.45, 2.75) is 32.7 Å². The minimum absolute atomic E-state index is 0.109. The average molecular weight is 354 g/mol. The van der Waals surface area contributed by atoms with Crippen LogP contribution in [0.3, 0.4) is 0 Å². The number of fused-ring (bicyclic) bond motifs is 1. The highest BCUT2D eigenvalue weighted by Crippen LogP contribution is 2.23. The molecule has 0 unspecified atom stereocenters. The number of imidazole rings is 1. The summed E-state index contributed by atoms with van der Waals surface area (Å²) in [4.78, 5) is 21.6. The highest BCUT2D eigenvalue weighted by atomic mass is 19.1. The smallest absolute Gasteiger partial charge is 0.225 e. The van der Waals surface area contributed by atoms with Crippen LogP contribution >= 0.6 is 0 Å². The highest BCUT2D eigenvalue weighted by molar-refractivity contribution is 5.79. The Bertz CT molecular complexity index is 902. The fraction of sp³-hybridized carbons (Fsp3) is 0.350. The second-order valence-electron chi connectivity index (χ2n) is 6.93. The van der Waals surface area contributed by atoms with Crippen LogP contribution in [0.1, 0.15) is 37.7 Å². The van der Waals surface area contributed by atoms with Gasteiger partial charge in [0.05, 0.1) is 12.5 Å². The van der Waals surface area contributed by atoms with E-state index in [1.165, 1.54) is 12.1 Å². The summed E-state index contributed by atoms with van der Waals surface area (Å²) in [7, 11) is 1.91. The van der Waals surface area contributed by atoms with E-state index in [0.717, 1.165) is 29.0 Å². The molecule has 1 N–H and O–H groups in total. The zero-order chi connectivity index (χ0) is 18.7. The van der Waals surface area contributed by atoms with Crippen LogP contribution in [0.5, 0.6) is 0 Å². The summed E-state index contributed by atoms with van der Waals surface area (Å²) in [5.74, 6) is 0.764. The Morgan fingerprint density at radius 3 is 2.62 bits per heavy atom. The van der Waals surface area contributed by atoms with E-state index in [-0.39, 0.29) is 24.2 Å². The molecule has 0 spiro atoms. The summed E-state index contributed by atoms with van der Waals surface area (Å²) in [6.07, 6.45) is 2.71. The number of carbonyl (C=O) groups excluding carboxylic acids is 1. The third-order valence-corrected chi connectivity index (χ3v) is 4.29. The second kappa shape index (κ2) is 7.64. The van der Waals surface area contributed by atoms with Gasteiger partial charge in [-0.3, -0.25) is 4.79 Å². The van der Waals surface area contributed by atoms with Gasteiger partial charge in [-0.2, -0.15) is 0 Å². The van der Waals surface area contributed by atoms with Gasteiger partial charge in [0, 0.05) is 13.2 Å². The van der Waals surface area contributed by atoms with Gasteiger partial charge in [0.1, 0.15) is 17.2 Å². The van der Waals surface area contributed by atoms with Gasteiger partial charge in [0.2, 0.25) is 5.91 Å². The van der Waals surface area contributed by atoms with Crippen LogP contribution in [-0.2, 0) is 18.3 Å². The Kier molecular flexibility index (Phi) is 5.30. The van der Waals surface area contributed by atoms with Crippen molar-refractivity contribution in [1.82, 2.24) is 19.9 Å². The number of nitrogens with one attached hydrogen (secondary N) is 1. The third-order valence-electron chi connectivity index (χ3n) is 4.29. The quantitative estimate of drug-likeness (QED) is 0.736. The van der Waals surface area contributed by atoms with Crippen LogP contribution in [0.15, 0.2) is 42.6 Å². The van der Waals surface area contributed by atoms with E-state index in [1.54, 1.807) is 18.3 Å². The molecule has 0 aliphatic carbocycles. The lowest BCUT2D eigenvalue weighted by Gasteiger charge is -2.20. The number of carbonyl (C=O) groups is 1. The van der Waals surface area contributed by atoms with Crippen LogP contribution < -0.4 is 5.32 Å². The molecule has 136 valence electrons. The maximum atomic E-state index is 13.0. The van der Waals surface area contributed by atoms with Crippen LogP contribution in [-0.4, -0.2) is 20.4 Å². The van der Waals surface area contributed by atoms with E-state index < -0.39 is 0 Å². The Hall–Kier alpha value is -2.76. The molecular weight excluding hydrogens is 331 g/mol. The summed E-state index contributed by atoms with van der Waals surface area (Å²) >= 11 is 0. The zero-order valence-corrected chi connectivity index (χ0v) is 15.2. The molecule has 5 nitrogen and oxygen atoms in total. The first kappa shape index (κ1) is 18.0. The molecule has 2 aromatic heterocycles. The Morgan fingerprint density at radius 2 is 1.96 bits per heavy atom. The first-order valence-electron chi connectivity index (χ1n) is 8.75. The van der Waals surface area contributed by atoms with Gasteiger partial charge < -0.3 is 9.88 Å². The van der Waals surface area contributed by atoms with Crippen molar-refractivity contribution in [1.29, 1.82) is 0 Å². The largest absolute Gasteiger partial charge is 0.346 e. The van der Waals surface area contributed by atoms with Crippen LogP contribution in [0, 0.1) is 11.7 Å². The van der Waals surface area contributed by atoms with Crippen molar-refractivity contribution in [3.63, 3.8) is 0 Å². The number of hydrogen-bond acceptors (Lipinski definition) is 3. The summed E-state index contributed by atoms with van der Waals surface area (Å²) in [6.45, 7) is 4.22. The van der Waals surface area contributed by atoms with E-state index in [9.17, 15) is 9.18 Å². The Labute approximate surface area is 152 Å². The molecule has 1 atom stereocenters. The molecule has 1 amide bonds. The molecule has 0 radical (unpaired) electrons. The maximum absolute atomic E-state index is 13.0. The fourth-order valence-electron chi connectivity index (χ4n) is 3.09. The van der Waals surface area contributed by atoms with E-state index in [1.807, 2.05) is 23.7 Å². The second-order valence-corrected chi connectivity index (χ2v) is 6.93. The molecule has 0 saturated carbocycles. The van der Waals surface area contributed by atoms with Gasteiger partial charge in [-0.25, -0.2) is 14.4 Å². The summed E-state index contributed by atoms with van der Waals surface area (Å²) in [5.41, 5.74) is 2.38. The van der Waals surface area contributed by atoms with Crippen molar-refractivity contribution < 1.29 is 9.18 Å². The van der Waals surface area contributed by atoms with E-state index in [2.05, 4.69) is 29.1 Å². The number of pyridine rings is 1. The number of hydrogen-bond donors (Lipinski definition) is 1. The van der Waals surface area contributed by atoms with E-state index in [0.29, 0.717) is 5.92 Å². The zero-order valence-electron chi connectivity index (χ0n) is 15.2. The molecule has 0 fully saturated rings. The molecule has 2 heterocycles. The van der Waals surface area contributed by atoms with Gasteiger partial charge in [-0.05, 0) is 42.2 Å². The number of amides is 1. The summed E-state index contributed by atoms with van der Waals surface area (Å²) in [5, 5.41) is 3.09. The van der Waals surface area contributed by atoms with Crippen molar-refractivity contribution in [3.8, 4) is 0 Å². The van der Waals surface area contributed by atoms with Gasteiger partial charge in [-0.1, -0.05) is 26.0 Å². The minimum atomic E-state index is -0.306. The number of nitrogens with zero attached hydrogens (tertiary/aromatic N) is 3. The molecule has 3 aromatic rings. The summed E-state index contributed by atoms with van der Waals surface area (Å²) in [6, 6.07) is 9.55. The van der Waals surface area contributed by atoms with Gasteiger partial charge in [-0.15, -0.1) is 0 Å². The lowest BCUT2D eigenvalue weighted by atomic mass is 10.0. The monoisotopic (exact) mass is 354 g/mol. The number of halogens is 1. The summed E-state index contributed by atoms with van der Waals surface area (Å²) < 4.78 is 15.0. The Balaban J connectivity index is 1.82. The maximum Gasteiger partial charge on any atom is 0.225 e. The lowest BCUT2D eigenvalue weighted by Crippen LogP contribution is -2.32. The average Bonchev–Trinajstić information content (AvgIpc) is 2.93. The molecule has 0 aliphatic rings. The molecule has 3 rings (SSSR count). The van der Waals surface area contributed by atoms with E-state index >= 15 is 0 Å². The van der Waals surface area contributed by atoms with Gasteiger partial charge in [0.15, 0.2) is 5.65 Å². The molecule has 26 heavy (non-hydrogen) atoms. The first-order chi connectivity index (χ1) is 12.4.